The summed E-state index contributed by atoms with van der Waals surface area (Å²) < 4.78 is 18.4. The fraction of sp³-hybridized carbons (Fsp3) is 0.481. The number of halogens is 1. The standard InChI is InChI=1S/C14H24O2.C13H10FN/c1-10(16-2)14-8-12-6-4-3-5-11(12)7-13(14)9-15;1-2-13-7-6-11(9-15-13)10-4-3-5-12(14)8-10/h9-14H,3-8H2,1-2H3;2-9H,1H2. The molecule has 1 heterocycles. The molecule has 31 heavy (non-hydrogen) atoms. The molecular formula is C27H34FNO2. The first-order valence-corrected chi connectivity index (χ1v) is 11.4. The summed E-state index contributed by atoms with van der Waals surface area (Å²) in [6.07, 6.45) is 12.6. The summed E-state index contributed by atoms with van der Waals surface area (Å²) in [5, 5.41) is 0. The predicted octanol–water partition coefficient (Wildman–Crippen LogP) is 6.58. The van der Waals surface area contributed by atoms with Crippen LogP contribution in [0, 0.1) is 29.5 Å². The number of ether oxygens (including phenoxy) is 1. The topological polar surface area (TPSA) is 39.2 Å². The highest BCUT2D eigenvalue weighted by Gasteiger charge is 2.40. The first-order chi connectivity index (χ1) is 15.0. The molecular weight excluding hydrogens is 389 g/mol. The Morgan fingerprint density at radius 2 is 1.87 bits per heavy atom. The summed E-state index contributed by atoms with van der Waals surface area (Å²) in [5.74, 6) is 2.16. The van der Waals surface area contributed by atoms with E-state index in [-0.39, 0.29) is 17.8 Å². The lowest BCUT2D eigenvalue weighted by molar-refractivity contribution is -0.118. The lowest BCUT2D eigenvalue weighted by atomic mass is 9.62. The maximum absolute atomic E-state index is 13.0. The molecule has 2 aliphatic carbocycles. The molecule has 0 amide bonds. The molecule has 2 saturated carbocycles. The molecule has 2 aromatic rings. The molecule has 3 nitrogen and oxygen atoms in total. The fourth-order valence-corrected chi connectivity index (χ4v) is 5.19. The van der Waals surface area contributed by atoms with Gasteiger partial charge >= 0.3 is 0 Å². The number of nitrogens with zero attached hydrogens (tertiary/aromatic N) is 1. The van der Waals surface area contributed by atoms with Gasteiger partial charge in [0.05, 0.1) is 11.8 Å². The van der Waals surface area contributed by atoms with Crippen molar-refractivity contribution in [3.63, 3.8) is 0 Å². The molecule has 1 aromatic carbocycles. The van der Waals surface area contributed by atoms with Gasteiger partial charge < -0.3 is 9.53 Å². The van der Waals surface area contributed by atoms with E-state index in [0.29, 0.717) is 5.92 Å². The van der Waals surface area contributed by atoms with E-state index in [1.807, 2.05) is 18.2 Å². The number of hydrogen-bond acceptors (Lipinski definition) is 3. The summed E-state index contributed by atoms with van der Waals surface area (Å²) >= 11 is 0. The third-order valence-electron chi connectivity index (χ3n) is 7.07. The summed E-state index contributed by atoms with van der Waals surface area (Å²) in [4.78, 5) is 15.4. The summed E-state index contributed by atoms with van der Waals surface area (Å²) in [5.41, 5.74) is 2.55. The van der Waals surface area contributed by atoms with Crippen LogP contribution in [-0.4, -0.2) is 24.5 Å². The molecule has 0 N–H and O–H groups in total. The summed E-state index contributed by atoms with van der Waals surface area (Å²) in [7, 11) is 1.76. The van der Waals surface area contributed by atoms with E-state index in [1.54, 1.807) is 25.4 Å². The largest absolute Gasteiger partial charge is 0.381 e. The zero-order valence-corrected chi connectivity index (χ0v) is 18.7. The Morgan fingerprint density at radius 1 is 1.13 bits per heavy atom. The lowest BCUT2D eigenvalue weighted by Crippen LogP contribution is -2.39. The van der Waals surface area contributed by atoms with Crippen molar-refractivity contribution in [1.29, 1.82) is 0 Å². The molecule has 5 unspecified atom stereocenters. The van der Waals surface area contributed by atoms with E-state index in [0.717, 1.165) is 35.1 Å². The number of aldehydes is 1. The number of hydrogen-bond donors (Lipinski definition) is 0. The van der Waals surface area contributed by atoms with Gasteiger partial charge in [-0.3, -0.25) is 4.98 Å². The predicted molar refractivity (Wildman–Crippen MR) is 124 cm³/mol. The zero-order valence-electron chi connectivity index (χ0n) is 18.7. The Labute approximate surface area is 185 Å². The van der Waals surface area contributed by atoms with Crippen molar-refractivity contribution in [2.45, 2.75) is 51.6 Å². The number of aromatic nitrogens is 1. The van der Waals surface area contributed by atoms with Crippen LogP contribution in [0.15, 0.2) is 49.2 Å². The van der Waals surface area contributed by atoms with E-state index < -0.39 is 0 Å². The molecule has 0 bridgehead atoms. The van der Waals surface area contributed by atoms with E-state index in [2.05, 4.69) is 18.5 Å². The van der Waals surface area contributed by atoms with Gasteiger partial charge in [-0.2, -0.15) is 0 Å². The molecule has 5 atom stereocenters. The van der Waals surface area contributed by atoms with Gasteiger partial charge in [0.25, 0.3) is 0 Å². The maximum Gasteiger partial charge on any atom is 0.123 e. The van der Waals surface area contributed by atoms with Crippen molar-refractivity contribution in [2.24, 2.45) is 23.7 Å². The van der Waals surface area contributed by atoms with Crippen molar-refractivity contribution in [3.8, 4) is 11.1 Å². The minimum Gasteiger partial charge on any atom is -0.381 e. The zero-order chi connectivity index (χ0) is 22.2. The Kier molecular flexibility index (Phi) is 8.53. The lowest BCUT2D eigenvalue weighted by Gasteiger charge is -2.43. The Bertz CT molecular complexity index is 851. The third kappa shape index (κ3) is 6.10. The van der Waals surface area contributed by atoms with Gasteiger partial charge in [-0.1, -0.05) is 50.5 Å². The third-order valence-corrected chi connectivity index (χ3v) is 7.07. The number of rotatable bonds is 5. The second-order valence-electron chi connectivity index (χ2n) is 8.87. The second-order valence-corrected chi connectivity index (χ2v) is 8.87. The van der Waals surface area contributed by atoms with Crippen LogP contribution in [0.2, 0.25) is 0 Å². The minimum atomic E-state index is -0.236. The van der Waals surface area contributed by atoms with Gasteiger partial charge in [0.2, 0.25) is 0 Å². The number of benzene rings is 1. The van der Waals surface area contributed by atoms with Crippen LogP contribution < -0.4 is 0 Å². The molecule has 166 valence electrons. The highest BCUT2D eigenvalue weighted by atomic mass is 19.1. The van der Waals surface area contributed by atoms with Crippen LogP contribution >= 0.6 is 0 Å². The van der Waals surface area contributed by atoms with Gasteiger partial charge in [0.15, 0.2) is 0 Å². The van der Waals surface area contributed by atoms with Crippen LogP contribution in [0.4, 0.5) is 4.39 Å². The molecule has 2 aliphatic rings. The number of carbonyl (C=O) groups is 1. The van der Waals surface area contributed by atoms with Gasteiger partial charge in [-0.05, 0) is 67.4 Å². The number of pyridine rings is 1. The Hall–Kier alpha value is -2.33. The highest BCUT2D eigenvalue weighted by Crippen LogP contribution is 2.46. The SMILES string of the molecule is C=Cc1ccc(-c2cccc(F)c2)cn1.COC(C)C1CC2CCCCC2CC1C=O. The molecule has 1 aromatic heterocycles. The minimum absolute atomic E-state index is 0.234. The molecule has 0 saturated heterocycles. The van der Waals surface area contributed by atoms with Crippen molar-refractivity contribution in [1.82, 2.24) is 4.98 Å². The smallest absolute Gasteiger partial charge is 0.123 e. The molecule has 4 rings (SSSR count). The summed E-state index contributed by atoms with van der Waals surface area (Å²) in [6.45, 7) is 5.74. The van der Waals surface area contributed by atoms with Crippen LogP contribution in [-0.2, 0) is 9.53 Å². The highest BCUT2D eigenvalue weighted by molar-refractivity contribution is 5.63. The Balaban J connectivity index is 0.000000176. The van der Waals surface area contributed by atoms with E-state index >= 15 is 0 Å². The summed E-state index contributed by atoms with van der Waals surface area (Å²) in [6, 6.07) is 10.2. The average molecular weight is 424 g/mol. The second kappa shape index (κ2) is 11.3. The van der Waals surface area contributed by atoms with Crippen molar-refractivity contribution in [3.05, 3.63) is 60.7 Å². The van der Waals surface area contributed by atoms with Crippen molar-refractivity contribution >= 4 is 12.4 Å². The number of carbonyl (C=O) groups excluding carboxylic acids is 1. The fourth-order valence-electron chi connectivity index (χ4n) is 5.19. The first-order valence-electron chi connectivity index (χ1n) is 11.4. The average Bonchev–Trinajstić information content (AvgIpc) is 2.83. The Morgan fingerprint density at radius 3 is 2.45 bits per heavy atom. The quantitative estimate of drug-likeness (QED) is 0.510. The van der Waals surface area contributed by atoms with Crippen LogP contribution in [0.1, 0.15) is 51.1 Å². The van der Waals surface area contributed by atoms with Crippen molar-refractivity contribution < 1.29 is 13.9 Å². The monoisotopic (exact) mass is 423 g/mol. The normalized spacial score (nSPS) is 26.0. The molecule has 0 radical (unpaired) electrons. The maximum atomic E-state index is 13.0. The van der Waals surface area contributed by atoms with Gasteiger partial charge in [-0.25, -0.2) is 4.39 Å². The molecule has 0 aliphatic heterocycles. The van der Waals surface area contributed by atoms with E-state index in [1.165, 1.54) is 50.5 Å². The van der Waals surface area contributed by atoms with Gasteiger partial charge in [-0.15, -0.1) is 0 Å². The van der Waals surface area contributed by atoms with E-state index in [4.69, 9.17) is 4.74 Å². The van der Waals surface area contributed by atoms with Gasteiger partial charge in [0, 0.05) is 24.8 Å². The molecule has 0 spiro atoms. The van der Waals surface area contributed by atoms with Crippen LogP contribution in [0.3, 0.4) is 0 Å². The van der Waals surface area contributed by atoms with E-state index in [9.17, 15) is 9.18 Å². The van der Waals surface area contributed by atoms with Crippen LogP contribution in [0.25, 0.3) is 17.2 Å². The molecule has 2 fully saturated rings. The van der Waals surface area contributed by atoms with Crippen molar-refractivity contribution in [2.75, 3.05) is 7.11 Å². The first kappa shape index (κ1) is 23.3. The number of methoxy groups -OCH3 is 1. The van der Waals surface area contributed by atoms with Crippen LogP contribution in [0.5, 0.6) is 0 Å². The van der Waals surface area contributed by atoms with Gasteiger partial charge in [0.1, 0.15) is 12.1 Å². The molecule has 4 heteroatoms. The number of fused-ring (bicyclic) bond motifs is 1.